The molecule has 0 N–H and O–H groups in total. The molecule has 2 aliphatic heterocycles. The summed E-state index contributed by atoms with van der Waals surface area (Å²) in [6.07, 6.45) is 13.0. The summed E-state index contributed by atoms with van der Waals surface area (Å²) < 4.78 is 8.22. The Kier molecular flexibility index (Phi) is 11.4. The summed E-state index contributed by atoms with van der Waals surface area (Å²) in [5.74, 6) is 12.3. The Morgan fingerprint density at radius 2 is 0.806 bits per heavy atom. The van der Waals surface area contributed by atoms with Crippen LogP contribution in [-0.4, -0.2) is 25.0 Å². The van der Waals surface area contributed by atoms with Gasteiger partial charge in [-0.25, -0.2) is 0 Å². The molecule has 0 bridgehead atoms. The van der Waals surface area contributed by atoms with Crippen molar-refractivity contribution in [1.82, 2.24) is 0 Å². The molecule has 0 unspecified atom stereocenters. The van der Waals surface area contributed by atoms with Crippen LogP contribution in [0, 0.1) is 23.7 Å². The van der Waals surface area contributed by atoms with E-state index in [2.05, 4.69) is 109 Å². The monoisotopic (exact) mass is 614 g/mol. The molecule has 2 aromatic rings. The smallest absolute Gasteiger partial charge is 0.0657 e. The maximum absolute atomic E-state index is 3.15. The van der Waals surface area contributed by atoms with Crippen LogP contribution in [0.25, 0.3) is 12.2 Å². The van der Waals surface area contributed by atoms with Crippen LogP contribution in [0.5, 0.6) is 0 Å². The van der Waals surface area contributed by atoms with Gasteiger partial charge in [0.05, 0.1) is 25.4 Å². The summed E-state index contributed by atoms with van der Waals surface area (Å²) >= 11 is 14.7. The van der Waals surface area contributed by atoms with Gasteiger partial charge in [0.15, 0.2) is 0 Å². The number of hydrogen-bond donors (Lipinski definition) is 0. The van der Waals surface area contributed by atoms with Gasteiger partial charge in [-0.2, -0.15) is 0 Å². The molecule has 2 aliphatic rings. The average molecular weight is 615 g/mol. The van der Waals surface area contributed by atoms with Gasteiger partial charge < -0.3 is 0 Å². The van der Waals surface area contributed by atoms with Gasteiger partial charge in [0, 0.05) is 11.1 Å². The molecule has 0 saturated carbocycles. The maximum atomic E-state index is 3.15. The molecule has 0 atom stereocenters. The Morgan fingerprint density at radius 3 is 1.08 bits per heavy atom. The lowest BCUT2D eigenvalue weighted by atomic mass is 10.1. The SMILES string of the molecule is CSC1=C(SC)SC(=Cc2ccc(C#CC#Cc3ccc(C=C4SC(SC)=C(SC)S4)cc3)cc2)S1. The van der Waals surface area contributed by atoms with Crippen LogP contribution in [0.15, 0.2) is 74.0 Å². The second-order valence-corrected chi connectivity index (χ2v) is 16.1. The van der Waals surface area contributed by atoms with Gasteiger partial charge in [0.1, 0.15) is 0 Å². The Hall–Kier alpha value is -0.680. The third kappa shape index (κ3) is 7.91. The normalized spacial score (nSPS) is 15.0. The fourth-order valence-electron chi connectivity index (χ4n) is 3.00. The van der Waals surface area contributed by atoms with Crippen molar-refractivity contribution in [2.75, 3.05) is 25.0 Å². The van der Waals surface area contributed by atoms with Crippen molar-refractivity contribution in [2.45, 2.75) is 0 Å². The number of benzene rings is 2. The molecule has 0 saturated heterocycles. The van der Waals surface area contributed by atoms with Crippen LogP contribution in [0.4, 0.5) is 0 Å². The molecule has 2 heterocycles. The Morgan fingerprint density at radius 1 is 0.500 bits per heavy atom. The summed E-state index contributed by atoms with van der Waals surface area (Å²) in [5.41, 5.74) is 4.34. The minimum absolute atomic E-state index is 0.974. The highest BCUT2D eigenvalue weighted by Gasteiger charge is 2.20. The van der Waals surface area contributed by atoms with Crippen molar-refractivity contribution in [3.05, 3.63) is 96.2 Å². The van der Waals surface area contributed by atoms with Crippen LogP contribution in [-0.2, 0) is 0 Å². The molecule has 0 aliphatic carbocycles. The van der Waals surface area contributed by atoms with Gasteiger partial charge in [-0.05, 0) is 84.4 Å². The van der Waals surface area contributed by atoms with Crippen LogP contribution in [0.3, 0.4) is 0 Å². The molecule has 0 fully saturated rings. The Labute approximate surface area is 249 Å². The molecule has 8 heteroatoms. The third-order valence-corrected chi connectivity index (χ3v) is 14.9. The molecule has 0 amide bonds. The predicted octanol–water partition coefficient (Wildman–Crippen LogP) is 10.4. The fraction of sp³-hybridized carbons (Fsp3) is 0.143. The Balaban J connectivity index is 1.33. The molecule has 0 nitrogen and oxygen atoms in total. The zero-order valence-corrected chi connectivity index (χ0v) is 26.6. The quantitative estimate of drug-likeness (QED) is 0.291. The Bertz CT molecular complexity index is 1210. The van der Waals surface area contributed by atoms with E-state index in [0.717, 1.165) is 11.1 Å². The zero-order chi connectivity index (χ0) is 25.3. The lowest BCUT2D eigenvalue weighted by molar-refractivity contribution is 1.61. The molecule has 182 valence electrons. The topological polar surface area (TPSA) is 0 Å². The summed E-state index contributed by atoms with van der Waals surface area (Å²) in [6, 6.07) is 16.7. The van der Waals surface area contributed by atoms with E-state index >= 15 is 0 Å². The molecule has 2 aromatic carbocycles. The average Bonchev–Trinajstić information content (AvgIpc) is 3.51. The van der Waals surface area contributed by atoms with Gasteiger partial charge in [0.2, 0.25) is 0 Å². The minimum Gasteiger partial charge on any atom is -0.121 e. The maximum Gasteiger partial charge on any atom is 0.0657 e. The van der Waals surface area contributed by atoms with E-state index < -0.39 is 0 Å². The largest absolute Gasteiger partial charge is 0.121 e. The molecule has 0 aromatic heterocycles. The van der Waals surface area contributed by atoms with E-state index in [-0.39, 0.29) is 0 Å². The summed E-state index contributed by atoms with van der Waals surface area (Å²) in [6.45, 7) is 0. The van der Waals surface area contributed by atoms with Crippen molar-refractivity contribution >= 4 is 106 Å². The fourth-order valence-corrected chi connectivity index (χ4v) is 12.9. The lowest BCUT2D eigenvalue weighted by Gasteiger charge is -1.98. The van der Waals surface area contributed by atoms with Crippen molar-refractivity contribution in [2.24, 2.45) is 0 Å². The van der Waals surface area contributed by atoms with E-state index in [4.69, 9.17) is 0 Å². The highest BCUT2D eigenvalue weighted by atomic mass is 32.3. The predicted molar refractivity (Wildman–Crippen MR) is 181 cm³/mol. The lowest BCUT2D eigenvalue weighted by Crippen LogP contribution is -1.77. The summed E-state index contributed by atoms with van der Waals surface area (Å²) in [7, 11) is 0. The van der Waals surface area contributed by atoms with Gasteiger partial charge in [-0.1, -0.05) is 83.2 Å². The first-order chi connectivity index (χ1) is 17.6. The minimum atomic E-state index is 0.974. The van der Waals surface area contributed by atoms with Crippen molar-refractivity contribution in [1.29, 1.82) is 0 Å². The molecule has 0 radical (unpaired) electrons. The van der Waals surface area contributed by atoms with Crippen molar-refractivity contribution < 1.29 is 0 Å². The second kappa shape index (κ2) is 14.5. The van der Waals surface area contributed by atoms with Crippen LogP contribution in [0.2, 0.25) is 0 Å². The first kappa shape index (κ1) is 28.3. The standard InChI is InChI=1S/C28H22S8/c1-29-25-26(30-2)34-23(33-25)17-21-13-9-19(10-14-21)7-5-6-8-20-11-15-22(16-12-20)18-24-35-27(31-3)28(32-4)36-24/h9-18H,1-4H3. The number of thioether (sulfide) groups is 8. The third-order valence-electron chi connectivity index (χ3n) is 4.71. The summed E-state index contributed by atoms with van der Waals surface area (Å²) in [5, 5.41) is 0. The molecule has 36 heavy (non-hydrogen) atoms. The zero-order valence-electron chi connectivity index (χ0n) is 20.0. The van der Waals surface area contributed by atoms with E-state index in [9.17, 15) is 0 Å². The highest BCUT2D eigenvalue weighted by Crippen LogP contribution is 2.57. The van der Waals surface area contributed by atoms with Crippen LogP contribution >= 0.6 is 94.1 Å². The molecular weight excluding hydrogens is 593 g/mol. The molecule has 0 spiro atoms. The summed E-state index contributed by atoms with van der Waals surface area (Å²) in [4.78, 5) is 0. The van der Waals surface area contributed by atoms with E-state index in [0.29, 0.717) is 0 Å². The van der Waals surface area contributed by atoms with Crippen LogP contribution in [0.1, 0.15) is 22.3 Å². The van der Waals surface area contributed by atoms with Gasteiger partial charge in [-0.15, -0.1) is 47.0 Å². The molecular formula is C28H22S8. The highest BCUT2D eigenvalue weighted by molar-refractivity contribution is 8.41. The first-order valence-electron chi connectivity index (χ1n) is 10.6. The molecule has 4 rings (SSSR count). The van der Waals surface area contributed by atoms with E-state index in [1.165, 1.54) is 36.5 Å². The second-order valence-electron chi connectivity index (χ2n) is 7.05. The van der Waals surface area contributed by atoms with E-state index in [1.54, 1.807) is 0 Å². The van der Waals surface area contributed by atoms with Gasteiger partial charge in [-0.3, -0.25) is 0 Å². The van der Waals surface area contributed by atoms with Crippen molar-refractivity contribution in [3.8, 4) is 23.7 Å². The van der Waals surface area contributed by atoms with Gasteiger partial charge in [0.25, 0.3) is 0 Å². The number of rotatable bonds is 6. The first-order valence-corrected chi connectivity index (χ1v) is 18.8. The van der Waals surface area contributed by atoms with Crippen LogP contribution < -0.4 is 0 Å². The number of hydrogen-bond acceptors (Lipinski definition) is 8. The van der Waals surface area contributed by atoms with Gasteiger partial charge >= 0.3 is 0 Å². The van der Waals surface area contributed by atoms with Crippen molar-refractivity contribution in [3.63, 3.8) is 0 Å². The van der Waals surface area contributed by atoms with E-state index in [1.807, 2.05) is 94.1 Å².